The molecule has 8 nitrogen and oxygen atoms in total. The van der Waals surface area contributed by atoms with Crippen molar-refractivity contribution in [1.29, 1.82) is 0 Å². The van der Waals surface area contributed by atoms with Crippen molar-refractivity contribution in [1.82, 2.24) is 5.32 Å². The maximum Gasteiger partial charge on any atom is 0.408 e. The molecule has 2 aliphatic rings. The van der Waals surface area contributed by atoms with Crippen LogP contribution >= 0.6 is 23.4 Å². The standard InChI is InChI=1S/C25H28ClN3O5S2/c1-25(2,3)34-24(31)27-19(13-16-7-5-4-6-8-16)22(30)28-23-29(18-11-9-17(26)10-12-18)20-14-36(32,33)15-21(20)35-23/h4-12,19-21H,13-15H2,1-3H3,(H,27,31)/t19-,20+,21-/m1/s1. The summed E-state index contributed by atoms with van der Waals surface area (Å²) in [6, 6.07) is 15.0. The quantitative estimate of drug-likeness (QED) is 0.599. The molecule has 2 heterocycles. The number of sulfone groups is 1. The van der Waals surface area contributed by atoms with Crippen molar-refractivity contribution >= 4 is 56.1 Å². The van der Waals surface area contributed by atoms with Crippen molar-refractivity contribution in [3.63, 3.8) is 0 Å². The fourth-order valence-electron chi connectivity index (χ4n) is 4.14. The zero-order valence-electron chi connectivity index (χ0n) is 20.2. The van der Waals surface area contributed by atoms with Gasteiger partial charge in [-0.3, -0.25) is 4.79 Å². The maximum atomic E-state index is 13.4. The van der Waals surface area contributed by atoms with E-state index < -0.39 is 33.5 Å². The first kappa shape index (κ1) is 26.5. The average Bonchev–Trinajstić information content (AvgIpc) is 3.24. The molecule has 36 heavy (non-hydrogen) atoms. The van der Waals surface area contributed by atoms with Crippen LogP contribution in [0.3, 0.4) is 0 Å². The first-order valence-corrected chi connectivity index (χ1v) is 14.6. The van der Waals surface area contributed by atoms with Crippen LogP contribution in [0.4, 0.5) is 10.5 Å². The van der Waals surface area contributed by atoms with E-state index in [4.69, 9.17) is 16.3 Å². The number of carbonyl (C=O) groups excluding carboxylic acids is 2. The molecular formula is C25H28ClN3O5S2. The molecule has 2 aliphatic heterocycles. The van der Waals surface area contributed by atoms with E-state index in [0.29, 0.717) is 15.9 Å². The second-order valence-electron chi connectivity index (χ2n) is 9.77. The van der Waals surface area contributed by atoms with Gasteiger partial charge in [-0.2, -0.15) is 4.99 Å². The Kier molecular flexibility index (Phi) is 7.68. The number of nitrogens with one attached hydrogen (secondary N) is 1. The number of rotatable bonds is 5. The number of hydrogen-bond acceptors (Lipinski definition) is 6. The first-order valence-electron chi connectivity index (χ1n) is 11.5. The van der Waals surface area contributed by atoms with Gasteiger partial charge in [0.1, 0.15) is 11.6 Å². The fourth-order valence-corrected chi connectivity index (χ4v) is 8.19. The molecule has 3 atom stereocenters. The molecule has 2 saturated heterocycles. The topological polar surface area (TPSA) is 105 Å². The number of benzene rings is 2. The predicted octanol–water partition coefficient (Wildman–Crippen LogP) is 4.08. The lowest BCUT2D eigenvalue weighted by Crippen LogP contribution is -2.45. The largest absolute Gasteiger partial charge is 0.444 e. The van der Waals surface area contributed by atoms with Crippen molar-refractivity contribution < 1.29 is 22.7 Å². The molecule has 0 aliphatic carbocycles. The first-order chi connectivity index (χ1) is 16.9. The number of carbonyl (C=O) groups is 2. The third kappa shape index (κ3) is 6.60. The van der Waals surface area contributed by atoms with E-state index >= 15 is 0 Å². The number of ether oxygens (including phenoxy) is 1. The number of amidine groups is 1. The van der Waals surface area contributed by atoms with Gasteiger partial charge in [0.15, 0.2) is 15.0 Å². The third-order valence-electron chi connectivity index (χ3n) is 5.65. The molecule has 2 fully saturated rings. The summed E-state index contributed by atoms with van der Waals surface area (Å²) < 4.78 is 30.0. The molecule has 192 valence electrons. The molecule has 2 aromatic carbocycles. The van der Waals surface area contributed by atoms with Gasteiger partial charge in [-0.15, -0.1) is 0 Å². The number of thioether (sulfide) groups is 1. The Morgan fingerprint density at radius 2 is 1.81 bits per heavy atom. The van der Waals surface area contributed by atoms with Gasteiger partial charge in [0.2, 0.25) is 0 Å². The average molecular weight is 550 g/mol. The van der Waals surface area contributed by atoms with E-state index in [9.17, 15) is 18.0 Å². The molecule has 0 bridgehead atoms. The normalized spacial score (nSPS) is 22.8. The highest BCUT2D eigenvalue weighted by atomic mass is 35.5. The van der Waals surface area contributed by atoms with Gasteiger partial charge >= 0.3 is 6.09 Å². The Bertz CT molecular complexity index is 1260. The van der Waals surface area contributed by atoms with E-state index in [2.05, 4.69) is 10.3 Å². The summed E-state index contributed by atoms with van der Waals surface area (Å²) in [6.07, 6.45) is -0.490. The minimum absolute atomic E-state index is 0.0171. The molecule has 0 spiro atoms. The number of fused-ring (bicyclic) bond motifs is 1. The van der Waals surface area contributed by atoms with Gasteiger partial charge in [-0.1, -0.05) is 53.7 Å². The monoisotopic (exact) mass is 549 g/mol. The molecule has 0 saturated carbocycles. The number of hydrogen-bond donors (Lipinski definition) is 1. The number of nitrogens with zero attached hydrogens (tertiary/aromatic N) is 2. The lowest BCUT2D eigenvalue weighted by molar-refractivity contribution is -0.119. The van der Waals surface area contributed by atoms with E-state index in [-0.39, 0.29) is 29.2 Å². The molecule has 2 aromatic rings. The summed E-state index contributed by atoms with van der Waals surface area (Å²) >= 11 is 7.32. The van der Waals surface area contributed by atoms with Crippen LogP contribution in [0.2, 0.25) is 5.02 Å². The van der Waals surface area contributed by atoms with Crippen molar-refractivity contribution in [3.05, 3.63) is 65.2 Å². The molecular weight excluding hydrogens is 522 g/mol. The lowest BCUT2D eigenvalue weighted by atomic mass is 10.1. The molecule has 0 radical (unpaired) electrons. The second-order valence-corrected chi connectivity index (χ2v) is 13.6. The molecule has 0 unspecified atom stereocenters. The smallest absolute Gasteiger partial charge is 0.408 e. The zero-order chi connectivity index (χ0) is 26.1. The highest BCUT2D eigenvalue weighted by Crippen LogP contribution is 2.41. The van der Waals surface area contributed by atoms with Crippen molar-refractivity contribution in [2.24, 2.45) is 4.99 Å². The maximum absolute atomic E-state index is 13.4. The Labute approximate surface area is 220 Å². The Hall–Kier alpha value is -2.56. The van der Waals surface area contributed by atoms with Crippen LogP contribution in [-0.4, -0.2) is 60.0 Å². The van der Waals surface area contributed by atoms with Gasteiger partial charge in [0, 0.05) is 22.4 Å². The Morgan fingerprint density at radius 3 is 2.44 bits per heavy atom. The summed E-state index contributed by atoms with van der Waals surface area (Å²) in [7, 11) is -3.20. The molecule has 11 heteroatoms. The number of alkyl carbamates (subject to hydrolysis) is 1. The van der Waals surface area contributed by atoms with E-state index in [0.717, 1.165) is 5.56 Å². The Morgan fingerprint density at radius 1 is 1.14 bits per heavy atom. The van der Waals surface area contributed by atoms with Crippen LogP contribution in [0.15, 0.2) is 59.6 Å². The van der Waals surface area contributed by atoms with E-state index in [1.165, 1.54) is 11.8 Å². The molecule has 2 amide bonds. The zero-order valence-corrected chi connectivity index (χ0v) is 22.6. The SMILES string of the molecule is CC(C)(C)OC(=O)N[C@H](Cc1ccccc1)C(=O)N=C1S[C@@H]2CS(=O)(=O)C[C@@H]2N1c1ccc(Cl)cc1. The summed E-state index contributed by atoms with van der Waals surface area (Å²) in [5, 5.41) is 3.36. The van der Waals surface area contributed by atoms with Crippen molar-refractivity contribution in [3.8, 4) is 0 Å². The minimum Gasteiger partial charge on any atom is -0.444 e. The van der Waals surface area contributed by atoms with E-state index in [1.54, 1.807) is 49.9 Å². The van der Waals surface area contributed by atoms with Crippen LogP contribution in [0.25, 0.3) is 0 Å². The van der Waals surface area contributed by atoms with Crippen LogP contribution in [0.1, 0.15) is 26.3 Å². The summed E-state index contributed by atoms with van der Waals surface area (Å²) in [5.74, 6) is -0.554. The highest BCUT2D eigenvalue weighted by molar-refractivity contribution is 8.16. The number of anilines is 1. The van der Waals surface area contributed by atoms with Gasteiger partial charge in [-0.25, -0.2) is 13.2 Å². The van der Waals surface area contributed by atoms with Gasteiger partial charge in [-0.05, 0) is 50.6 Å². The third-order valence-corrected chi connectivity index (χ3v) is 9.11. The van der Waals surface area contributed by atoms with E-state index in [1.807, 2.05) is 30.3 Å². The molecule has 1 N–H and O–H groups in total. The van der Waals surface area contributed by atoms with Crippen molar-refractivity contribution in [2.75, 3.05) is 16.4 Å². The molecule has 4 rings (SSSR count). The summed E-state index contributed by atoms with van der Waals surface area (Å²) in [6.45, 7) is 5.23. The predicted molar refractivity (Wildman–Crippen MR) is 143 cm³/mol. The number of aliphatic imine (C=N–C) groups is 1. The van der Waals surface area contributed by atoms with Crippen molar-refractivity contribution in [2.45, 2.75) is 50.1 Å². The van der Waals surface area contributed by atoms with Crippen LogP contribution in [0, 0.1) is 0 Å². The summed E-state index contributed by atoms with van der Waals surface area (Å²) in [5.41, 5.74) is 0.817. The van der Waals surface area contributed by atoms with Crippen LogP contribution in [-0.2, 0) is 25.8 Å². The molecule has 0 aromatic heterocycles. The fraction of sp³-hybridized carbons (Fsp3) is 0.400. The van der Waals surface area contributed by atoms with Gasteiger partial charge in [0.05, 0.1) is 17.5 Å². The number of amides is 2. The Balaban J connectivity index is 1.64. The van der Waals surface area contributed by atoms with Crippen LogP contribution < -0.4 is 10.2 Å². The van der Waals surface area contributed by atoms with Crippen LogP contribution in [0.5, 0.6) is 0 Å². The van der Waals surface area contributed by atoms with Gasteiger partial charge < -0.3 is 15.0 Å². The summed E-state index contributed by atoms with van der Waals surface area (Å²) in [4.78, 5) is 32.2. The second kappa shape index (κ2) is 10.4. The lowest BCUT2D eigenvalue weighted by Gasteiger charge is -2.25. The number of halogens is 1. The van der Waals surface area contributed by atoms with Gasteiger partial charge in [0.25, 0.3) is 5.91 Å². The minimum atomic E-state index is -3.20. The highest BCUT2D eigenvalue weighted by Gasteiger charge is 2.49.